The molecule has 0 bridgehead atoms. The van der Waals surface area contributed by atoms with E-state index in [0.29, 0.717) is 0 Å². The molecule has 1 nitrogen and oxygen atoms in total. The Morgan fingerprint density at radius 2 is 2.08 bits per heavy atom. The van der Waals surface area contributed by atoms with Crippen LogP contribution in [0.1, 0.15) is 11.1 Å². The molecule has 70 valence electrons. The Kier molecular flexibility index (Phi) is 2.37. The second kappa shape index (κ2) is 3.17. The average Bonchev–Trinajstić information content (AvgIpc) is 2.30. The molecule has 0 aromatic carbocycles. The zero-order valence-electron chi connectivity index (χ0n) is 7.02. The van der Waals surface area contributed by atoms with E-state index in [-0.39, 0.29) is 12.1 Å². The molecule has 13 heavy (non-hydrogen) atoms. The summed E-state index contributed by atoms with van der Waals surface area (Å²) in [4.78, 5) is 0. The molecule has 0 aliphatic carbocycles. The fraction of sp³-hybridized carbons (Fsp3) is 0.333. The normalized spacial score (nSPS) is 11.3. The minimum atomic E-state index is -4.29. The van der Waals surface area contributed by atoms with Crippen molar-refractivity contribution < 1.29 is 13.2 Å². The summed E-state index contributed by atoms with van der Waals surface area (Å²) >= 11 is 0. The lowest BCUT2D eigenvalue weighted by molar-refractivity contribution is -0.138. The maximum Gasteiger partial charge on any atom is 0.418 e. The molecule has 0 amide bonds. The first-order valence-electron chi connectivity index (χ1n) is 3.62. The first kappa shape index (κ1) is 9.72. The van der Waals surface area contributed by atoms with Gasteiger partial charge in [-0.3, -0.25) is 0 Å². The Morgan fingerprint density at radius 1 is 1.46 bits per heavy atom. The summed E-state index contributed by atoms with van der Waals surface area (Å²) in [7, 11) is 0. The molecule has 0 unspecified atom stereocenters. The zero-order valence-corrected chi connectivity index (χ0v) is 7.02. The fourth-order valence-corrected chi connectivity index (χ4v) is 1.12. The Morgan fingerprint density at radius 3 is 2.46 bits per heavy atom. The van der Waals surface area contributed by atoms with Crippen LogP contribution >= 0.6 is 0 Å². The summed E-state index contributed by atoms with van der Waals surface area (Å²) < 4.78 is 38.1. The Bertz CT molecular complexity index is 341. The van der Waals surface area contributed by atoms with E-state index in [9.17, 15) is 13.2 Å². The van der Waals surface area contributed by atoms with Crippen LogP contribution in [0.4, 0.5) is 13.2 Å². The molecule has 0 spiro atoms. The number of alkyl halides is 3. The number of halogens is 3. The van der Waals surface area contributed by atoms with Crippen LogP contribution in [0.15, 0.2) is 12.4 Å². The van der Waals surface area contributed by atoms with Crippen LogP contribution in [-0.4, -0.2) is 4.57 Å². The molecule has 1 aromatic rings. The standard InChI is InChI=1S/C9H8F3N/c1-3-4-13-5-7(2)8(6-13)9(10,11)12/h1,5-6H,4H2,2H3. The van der Waals surface area contributed by atoms with Crippen molar-refractivity contribution >= 4 is 0 Å². The zero-order chi connectivity index (χ0) is 10.1. The molecule has 0 aliphatic rings. The van der Waals surface area contributed by atoms with Crippen LogP contribution in [0, 0.1) is 19.3 Å². The van der Waals surface area contributed by atoms with E-state index >= 15 is 0 Å². The number of aromatic nitrogens is 1. The molecule has 1 rings (SSSR count). The van der Waals surface area contributed by atoms with Gasteiger partial charge in [-0.15, -0.1) is 6.42 Å². The number of hydrogen-bond donors (Lipinski definition) is 0. The maximum atomic E-state index is 12.2. The van der Waals surface area contributed by atoms with Crippen molar-refractivity contribution in [3.8, 4) is 12.3 Å². The molecule has 0 radical (unpaired) electrons. The van der Waals surface area contributed by atoms with E-state index in [1.165, 1.54) is 17.7 Å². The van der Waals surface area contributed by atoms with Gasteiger partial charge in [0.2, 0.25) is 0 Å². The highest BCUT2D eigenvalue weighted by molar-refractivity contribution is 5.26. The molecule has 0 atom stereocenters. The van der Waals surface area contributed by atoms with Gasteiger partial charge in [0.25, 0.3) is 0 Å². The fourth-order valence-electron chi connectivity index (χ4n) is 1.12. The summed E-state index contributed by atoms with van der Waals surface area (Å²) in [6.45, 7) is 1.58. The Balaban J connectivity index is 3.05. The lowest BCUT2D eigenvalue weighted by atomic mass is 10.2. The third kappa shape index (κ3) is 2.05. The summed E-state index contributed by atoms with van der Waals surface area (Å²) in [5.74, 6) is 2.27. The van der Waals surface area contributed by atoms with Gasteiger partial charge in [0.15, 0.2) is 0 Å². The van der Waals surface area contributed by atoms with E-state index in [1.54, 1.807) is 0 Å². The third-order valence-corrected chi connectivity index (χ3v) is 1.66. The van der Waals surface area contributed by atoms with Crippen molar-refractivity contribution in [1.82, 2.24) is 4.57 Å². The molecule has 0 aliphatic heterocycles. The summed E-state index contributed by atoms with van der Waals surface area (Å²) in [5.41, 5.74) is -0.425. The summed E-state index contributed by atoms with van der Waals surface area (Å²) in [6.07, 6.45) is 3.10. The second-order valence-electron chi connectivity index (χ2n) is 2.73. The van der Waals surface area contributed by atoms with E-state index in [2.05, 4.69) is 5.92 Å². The van der Waals surface area contributed by atoms with Crippen molar-refractivity contribution in [3.63, 3.8) is 0 Å². The number of aryl methyl sites for hydroxylation is 1. The van der Waals surface area contributed by atoms with Crippen LogP contribution in [0.25, 0.3) is 0 Å². The van der Waals surface area contributed by atoms with Crippen LogP contribution in [0.5, 0.6) is 0 Å². The number of terminal acetylenes is 1. The third-order valence-electron chi connectivity index (χ3n) is 1.66. The van der Waals surface area contributed by atoms with Gasteiger partial charge in [0, 0.05) is 12.4 Å². The molecule has 1 aromatic heterocycles. The second-order valence-corrected chi connectivity index (χ2v) is 2.73. The molecular formula is C9H8F3N. The lowest BCUT2D eigenvalue weighted by Gasteiger charge is -2.03. The topological polar surface area (TPSA) is 4.93 Å². The van der Waals surface area contributed by atoms with E-state index in [4.69, 9.17) is 6.42 Å². The van der Waals surface area contributed by atoms with Gasteiger partial charge < -0.3 is 4.57 Å². The van der Waals surface area contributed by atoms with Gasteiger partial charge in [0.1, 0.15) is 0 Å². The number of nitrogens with zero attached hydrogens (tertiary/aromatic N) is 1. The Hall–Kier alpha value is -1.37. The molecule has 0 N–H and O–H groups in total. The summed E-state index contributed by atoms with van der Waals surface area (Å²) in [6, 6.07) is 0. The monoisotopic (exact) mass is 187 g/mol. The van der Waals surface area contributed by atoms with Gasteiger partial charge in [-0.25, -0.2) is 0 Å². The number of rotatable bonds is 1. The molecule has 1 heterocycles. The molecular weight excluding hydrogens is 179 g/mol. The van der Waals surface area contributed by atoms with Gasteiger partial charge in [-0.05, 0) is 12.5 Å². The maximum absolute atomic E-state index is 12.2. The van der Waals surface area contributed by atoms with Gasteiger partial charge >= 0.3 is 6.18 Å². The predicted octanol–water partition coefficient (Wildman–Crippen LogP) is 2.45. The summed E-state index contributed by atoms with van der Waals surface area (Å²) in [5, 5.41) is 0. The quantitative estimate of drug-likeness (QED) is 0.595. The van der Waals surface area contributed by atoms with Gasteiger partial charge in [-0.2, -0.15) is 13.2 Å². The number of hydrogen-bond acceptors (Lipinski definition) is 0. The average molecular weight is 187 g/mol. The van der Waals surface area contributed by atoms with Crippen molar-refractivity contribution in [2.45, 2.75) is 19.6 Å². The van der Waals surface area contributed by atoms with Crippen LogP contribution in [-0.2, 0) is 12.7 Å². The van der Waals surface area contributed by atoms with Crippen molar-refractivity contribution in [1.29, 1.82) is 0 Å². The minimum Gasteiger partial charge on any atom is -0.342 e. The molecule has 0 saturated carbocycles. The largest absolute Gasteiger partial charge is 0.418 e. The smallest absolute Gasteiger partial charge is 0.342 e. The predicted molar refractivity (Wildman–Crippen MR) is 43.0 cm³/mol. The molecule has 0 fully saturated rings. The van der Waals surface area contributed by atoms with Gasteiger partial charge in [0.05, 0.1) is 12.1 Å². The molecule has 0 saturated heterocycles. The van der Waals surface area contributed by atoms with Crippen molar-refractivity contribution in [2.75, 3.05) is 0 Å². The minimum absolute atomic E-state index is 0.164. The van der Waals surface area contributed by atoms with Crippen molar-refractivity contribution in [2.24, 2.45) is 0 Å². The lowest BCUT2D eigenvalue weighted by Crippen LogP contribution is -2.05. The van der Waals surface area contributed by atoms with E-state index in [0.717, 1.165) is 6.20 Å². The first-order valence-corrected chi connectivity index (χ1v) is 3.62. The highest BCUT2D eigenvalue weighted by Gasteiger charge is 2.33. The van der Waals surface area contributed by atoms with Crippen LogP contribution < -0.4 is 0 Å². The van der Waals surface area contributed by atoms with Crippen LogP contribution in [0.3, 0.4) is 0 Å². The highest BCUT2D eigenvalue weighted by atomic mass is 19.4. The SMILES string of the molecule is C#CCn1cc(C)c(C(F)(F)F)c1. The van der Waals surface area contributed by atoms with E-state index in [1.807, 2.05) is 0 Å². The van der Waals surface area contributed by atoms with Crippen molar-refractivity contribution in [3.05, 3.63) is 23.5 Å². The van der Waals surface area contributed by atoms with Crippen LogP contribution in [0.2, 0.25) is 0 Å². The highest BCUT2D eigenvalue weighted by Crippen LogP contribution is 2.31. The molecule has 4 heteroatoms. The van der Waals surface area contributed by atoms with E-state index < -0.39 is 11.7 Å². The Labute approximate surface area is 74.2 Å². The van der Waals surface area contributed by atoms with Gasteiger partial charge in [-0.1, -0.05) is 5.92 Å². The first-order chi connectivity index (χ1) is 5.95.